The molecular weight excluding hydrogens is 427 g/mol. The molecule has 0 spiro atoms. The number of carbonyl (C=O) groups excluding carboxylic acids is 3. The highest BCUT2D eigenvalue weighted by molar-refractivity contribution is 5.95. The van der Waals surface area contributed by atoms with Gasteiger partial charge in [-0.2, -0.15) is 13.2 Å². The number of benzene rings is 2. The summed E-state index contributed by atoms with van der Waals surface area (Å²) in [5.41, 5.74) is 4.95. The third-order valence-corrected chi connectivity index (χ3v) is 5.12. The fourth-order valence-corrected chi connectivity index (χ4v) is 3.36. The number of ether oxygens (including phenoxy) is 1. The number of hydrogen-bond donors (Lipinski definition) is 2. The first-order chi connectivity index (χ1) is 15.1. The number of nitrogens with one attached hydrogen (secondary N) is 1. The Bertz CT molecular complexity index is 967. The lowest BCUT2D eigenvalue weighted by atomic mass is 9.95. The second kappa shape index (κ2) is 9.71. The van der Waals surface area contributed by atoms with Crippen molar-refractivity contribution in [3.05, 3.63) is 59.7 Å². The maximum absolute atomic E-state index is 12.7. The SMILES string of the molecule is NC(=O)COc1ccc(NC(=O)C2CCN(C(=O)c3ccc(C(F)(F)F)cc3)CC2)cc1. The van der Waals surface area contributed by atoms with Crippen LogP contribution in [0.2, 0.25) is 0 Å². The van der Waals surface area contributed by atoms with Crippen LogP contribution in [0.1, 0.15) is 28.8 Å². The molecule has 0 aliphatic carbocycles. The summed E-state index contributed by atoms with van der Waals surface area (Å²) < 4.78 is 43.2. The van der Waals surface area contributed by atoms with E-state index in [1.807, 2.05) is 0 Å². The smallest absolute Gasteiger partial charge is 0.416 e. The van der Waals surface area contributed by atoms with E-state index in [9.17, 15) is 27.6 Å². The van der Waals surface area contributed by atoms with Crippen LogP contribution in [0, 0.1) is 5.92 Å². The van der Waals surface area contributed by atoms with Gasteiger partial charge in [-0.1, -0.05) is 0 Å². The van der Waals surface area contributed by atoms with Gasteiger partial charge in [0, 0.05) is 30.3 Å². The number of nitrogens with two attached hydrogens (primary N) is 1. The van der Waals surface area contributed by atoms with E-state index in [0.717, 1.165) is 12.1 Å². The van der Waals surface area contributed by atoms with Crippen molar-refractivity contribution in [2.45, 2.75) is 19.0 Å². The van der Waals surface area contributed by atoms with Gasteiger partial charge in [-0.25, -0.2) is 0 Å². The van der Waals surface area contributed by atoms with Gasteiger partial charge >= 0.3 is 6.18 Å². The highest BCUT2D eigenvalue weighted by Crippen LogP contribution is 2.29. The average Bonchev–Trinajstić information content (AvgIpc) is 2.77. The number of rotatable bonds is 6. The van der Waals surface area contributed by atoms with Crippen LogP contribution < -0.4 is 15.8 Å². The molecule has 0 radical (unpaired) electrons. The Hall–Kier alpha value is -3.56. The molecule has 1 aliphatic heterocycles. The van der Waals surface area contributed by atoms with E-state index in [0.29, 0.717) is 37.4 Å². The Morgan fingerprint density at radius 3 is 2.12 bits per heavy atom. The van der Waals surface area contributed by atoms with Gasteiger partial charge in [-0.15, -0.1) is 0 Å². The number of nitrogens with zero attached hydrogens (tertiary/aromatic N) is 1. The first kappa shape index (κ1) is 23.1. The lowest BCUT2D eigenvalue weighted by Crippen LogP contribution is -2.41. The molecule has 3 N–H and O–H groups in total. The molecule has 3 rings (SSSR count). The summed E-state index contributed by atoms with van der Waals surface area (Å²) in [5, 5.41) is 2.80. The minimum absolute atomic E-state index is 0.180. The molecule has 0 bridgehead atoms. The molecule has 170 valence electrons. The summed E-state index contributed by atoms with van der Waals surface area (Å²) in [6, 6.07) is 10.6. The summed E-state index contributed by atoms with van der Waals surface area (Å²) in [7, 11) is 0. The Morgan fingerprint density at radius 2 is 1.59 bits per heavy atom. The number of likely N-dealkylation sites (tertiary alicyclic amines) is 1. The van der Waals surface area contributed by atoms with Crippen LogP contribution in [0.4, 0.5) is 18.9 Å². The van der Waals surface area contributed by atoms with Crippen LogP contribution in [-0.2, 0) is 15.8 Å². The molecule has 0 unspecified atom stereocenters. The Balaban J connectivity index is 1.50. The highest BCUT2D eigenvalue weighted by Gasteiger charge is 2.31. The van der Waals surface area contributed by atoms with Crippen LogP contribution in [0.3, 0.4) is 0 Å². The predicted octanol–water partition coefficient (Wildman–Crippen LogP) is 3.06. The van der Waals surface area contributed by atoms with Crippen molar-refractivity contribution < 1.29 is 32.3 Å². The normalized spacial score (nSPS) is 14.7. The third-order valence-electron chi connectivity index (χ3n) is 5.12. The van der Waals surface area contributed by atoms with Gasteiger partial charge < -0.3 is 20.7 Å². The number of piperidine rings is 1. The predicted molar refractivity (Wildman–Crippen MR) is 110 cm³/mol. The highest BCUT2D eigenvalue weighted by atomic mass is 19.4. The molecule has 1 saturated heterocycles. The third kappa shape index (κ3) is 5.99. The fraction of sp³-hybridized carbons (Fsp3) is 0.318. The first-order valence-corrected chi connectivity index (χ1v) is 9.92. The molecule has 1 heterocycles. The number of halogens is 3. The maximum atomic E-state index is 12.7. The topological polar surface area (TPSA) is 102 Å². The van der Waals surface area contributed by atoms with E-state index in [1.54, 1.807) is 24.3 Å². The van der Waals surface area contributed by atoms with Gasteiger partial charge in [0.1, 0.15) is 5.75 Å². The molecule has 7 nitrogen and oxygen atoms in total. The molecular formula is C22H22F3N3O4. The molecule has 2 aromatic carbocycles. The van der Waals surface area contributed by atoms with Crippen molar-refractivity contribution in [2.24, 2.45) is 11.7 Å². The second-order valence-electron chi connectivity index (χ2n) is 7.41. The lowest BCUT2D eigenvalue weighted by molar-refractivity contribution is -0.137. The first-order valence-electron chi connectivity index (χ1n) is 9.92. The van der Waals surface area contributed by atoms with E-state index in [4.69, 9.17) is 10.5 Å². The van der Waals surface area contributed by atoms with Crippen LogP contribution in [0.5, 0.6) is 5.75 Å². The summed E-state index contributed by atoms with van der Waals surface area (Å²) >= 11 is 0. The van der Waals surface area contributed by atoms with Gasteiger partial charge in [-0.3, -0.25) is 14.4 Å². The van der Waals surface area contributed by atoms with E-state index in [-0.39, 0.29) is 29.9 Å². The summed E-state index contributed by atoms with van der Waals surface area (Å²) in [6.07, 6.45) is -3.57. The lowest BCUT2D eigenvalue weighted by Gasteiger charge is -2.31. The average molecular weight is 449 g/mol. The number of amides is 3. The summed E-state index contributed by atoms with van der Waals surface area (Å²) in [4.78, 5) is 37.4. The maximum Gasteiger partial charge on any atom is 0.416 e. The van der Waals surface area contributed by atoms with Gasteiger partial charge in [-0.05, 0) is 61.4 Å². The van der Waals surface area contributed by atoms with Gasteiger partial charge in [0.25, 0.3) is 11.8 Å². The number of carbonyl (C=O) groups is 3. The number of hydrogen-bond acceptors (Lipinski definition) is 4. The number of anilines is 1. The Kier molecular flexibility index (Phi) is 7.01. The molecule has 3 amide bonds. The van der Waals surface area contributed by atoms with Crippen LogP contribution >= 0.6 is 0 Å². The van der Waals surface area contributed by atoms with Crippen molar-refractivity contribution in [3.8, 4) is 5.75 Å². The minimum Gasteiger partial charge on any atom is -0.484 e. The molecule has 32 heavy (non-hydrogen) atoms. The zero-order chi connectivity index (χ0) is 23.3. The van der Waals surface area contributed by atoms with E-state index in [2.05, 4.69) is 5.32 Å². The van der Waals surface area contributed by atoms with Crippen molar-refractivity contribution in [1.29, 1.82) is 0 Å². The minimum atomic E-state index is -4.45. The molecule has 10 heteroatoms. The van der Waals surface area contributed by atoms with Crippen molar-refractivity contribution in [1.82, 2.24) is 4.90 Å². The summed E-state index contributed by atoms with van der Waals surface area (Å²) in [5.74, 6) is -0.985. The molecule has 0 atom stereocenters. The van der Waals surface area contributed by atoms with Crippen LogP contribution in [-0.4, -0.2) is 42.3 Å². The van der Waals surface area contributed by atoms with E-state index in [1.165, 1.54) is 17.0 Å². The Morgan fingerprint density at radius 1 is 1.00 bits per heavy atom. The van der Waals surface area contributed by atoms with Crippen molar-refractivity contribution >= 4 is 23.4 Å². The fourth-order valence-electron chi connectivity index (χ4n) is 3.36. The number of alkyl halides is 3. The second-order valence-corrected chi connectivity index (χ2v) is 7.41. The molecule has 2 aromatic rings. The number of primary amides is 1. The van der Waals surface area contributed by atoms with Crippen LogP contribution in [0.15, 0.2) is 48.5 Å². The molecule has 1 fully saturated rings. The molecule has 0 saturated carbocycles. The van der Waals surface area contributed by atoms with E-state index >= 15 is 0 Å². The van der Waals surface area contributed by atoms with E-state index < -0.39 is 17.6 Å². The monoisotopic (exact) mass is 449 g/mol. The molecule has 1 aliphatic rings. The quantitative estimate of drug-likeness (QED) is 0.708. The zero-order valence-electron chi connectivity index (χ0n) is 17.0. The Labute approximate surface area is 182 Å². The summed E-state index contributed by atoms with van der Waals surface area (Å²) in [6.45, 7) is 0.422. The van der Waals surface area contributed by atoms with Gasteiger partial charge in [0.05, 0.1) is 5.56 Å². The van der Waals surface area contributed by atoms with Gasteiger partial charge in [0.15, 0.2) is 6.61 Å². The molecule has 0 aromatic heterocycles. The zero-order valence-corrected chi connectivity index (χ0v) is 17.0. The van der Waals surface area contributed by atoms with Crippen molar-refractivity contribution in [3.63, 3.8) is 0 Å². The standard InChI is InChI=1S/C22H22F3N3O4/c23-22(24,25)16-3-1-15(2-4-16)21(31)28-11-9-14(10-12-28)20(30)27-17-5-7-18(8-6-17)32-13-19(26)29/h1-8,14H,9-13H2,(H2,26,29)(H,27,30). The largest absolute Gasteiger partial charge is 0.484 e. The van der Waals surface area contributed by atoms with Crippen LogP contribution in [0.25, 0.3) is 0 Å². The van der Waals surface area contributed by atoms with Gasteiger partial charge in [0.2, 0.25) is 5.91 Å². The van der Waals surface area contributed by atoms with Crippen molar-refractivity contribution in [2.75, 3.05) is 25.0 Å².